The van der Waals surface area contributed by atoms with E-state index in [9.17, 15) is 9.59 Å². The van der Waals surface area contributed by atoms with Crippen LogP contribution in [0.1, 0.15) is 59.3 Å². The molecule has 0 heterocycles. The summed E-state index contributed by atoms with van der Waals surface area (Å²) >= 11 is 0. The maximum Gasteiger partial charge on any atom is 0.317 e. The first-order valence-electron chi connectivity index (χ1n) is 8.88. The second kappa shape index (κ2) is 10.6. The molecule has 1 aliphatic carbocycles. The normalized spacial score (nSPS) is 19.8. The Bertz CT molecular complexity index is 343. The Morgan fingerprint density at radius 2 is 2.05 bits per heavy atom. The Hall–Kier alpha value is -1.10. The number of rotatable bonds is 9. The highest BCUT2D eigenvalue weighted by Gasteiger charge is 2.24. The molecule has 22 heavy (non-hydrogen) atoms. The number of carbonyl (C=O) groups is 2. The molecule has 1 fully saturated rings. The number of Topliss-reactive ketones (excluding diaryl/α,β-unsaturated/α-hetero) is 1. The Morgan fingerprint density at radius 1 is 1.32 bits per heavy atom. The number of hydrogen-bond donors (Lipinski definition) is 2. The van der Waals surface area contributed by atoms with E-state index in [0.717, 1.165) is 58.3 Å². The maximum atomic E-state index is 12.3. The van der Waals surface area contributed by atoms with Crippen molar-refractivity contribution in [3.63, 3.8) is 0 Å². The fourth-order valence-electron chi connectivity index (χ4n) is 3.14. The summed E-state index contributed by atoms with van der Waals surface area (Å²) in [7, 11) is 0. The predicted octanol–water partition coefficient (Wildman–Crippen LogP) is 2.56. The largest absolute Gasteiger partial charge is 0.334 e. The van der Waals surface area contributed by atoms with E-state index in [4.69, 9.17) is 0 Å². The Balaban J connectivity index is 2.54. The molecule has 0 aromatic heterocycles. The van der Waals surface area contributed by atoms with Crippen LogP contribution in [0.15, 0.2) is 0 Å². The molecule has 5 heteroatoms. The third-order valence-corrected chi connectivity index (χ3v) is 4.40. The fourth-order valence-corrected chi connectivity index (χ4v) is 3.14. The van der Waals surface area contributed by atoms with Gasteiger partial charge in [-0.05, 0) is 52.0 Å². The number of ketones is 1. The summed E-state index contributed by atoms with van der Waals surface area (Å²) in [5.41, 5.74) is 0. The fraction of sp³-hybridized carbons (Fsp3) is 0.882. The quantitative estimate of drug-likeness (QED) is 0.643. The topological polar surface area (TPSA) is 61.4 Å². The van der Waals surface area contributed by atoms with E-state index in [1.54, 1.807) is 4.90 Å². The van der Waals surface area contributed by atoms with Gasteiger partial charge in [-0.1, -0.05) is 6.92 Å². The van der Waals surface area contributed by atoms with E-state index >= 15 is 0 Å². The third-order valence-electron chi connectivity index (χ3n) is 4.40. The van der Waals surface area contributed by atoms with Gasteiger partial charge >= 0.3 is 6.03 Å². The van der Waals surface area contributed by atoms with Crippen LogP contribution in [0.3, 0.4) is 0 Å². The van der Waals surface area contributed by atoms with Crippen LogP contribution < -0.4 is 10.6 Å². The summed E-state index contributed by atoms with van der Waals surface area (Å²) in [6.07, 6.45) is 5.51. The molecular formula is C17H33N3O2. The molecule has 0 bridgehead atoms. The van der Waals surface area contributed by atoms with Crippen molar-refractivity contribution in [1.82, 2.24) is 15.5 Å². The summed E-state index contributed by atoms with van der Waals surface area (Å²) in [6.45, 7) is 9.31. The molecule has 0 aromatic carbocycles. The van der Waals surface area contributed by atoms with Crippen LogP contribution in [0.5, 0.6) is 0 Å². The lowest BCUT2D eigenvalue weighted by atomic mass is 9.84. The number of urea groups is 1. The van der Waals surface area contributed by atoms with E-state index < -0.39 is 0 Å². The molecule has 0 spiro atoms. The minimum absolute atomic E-state index is 0.00966. The van der Waals surface area contributed by atoms with Crippen molar-refractivity contribution in [3.05, 3.63) is 0 Å². The lowest BCUT2D eigenvalue weighted by molar-refractivity contribution is -0.121. The summed E-state index contributed by atoms with van der Waals surface area (Å²) < 4.78 is 0. The van der Waals surface area contributed by atoms with Crippen molar-refractivity contribution < 1.29 is 9.59 Å². The third kappa shape index (κ3) is 6.77. The summed E-state index contributed by atoms with van der Waals surface area (Å²) in [5.74, 6) is 0.804. The molecule has 2 N–H and O–H groups in total. The highest BCUT2D eigenvalue weighted by atomic mass is 16.2. The number of amides is 2. The van der Waals surface area contributed by atoms with Crippen molar-refractivity contribution in [2.75, 3.05) is 26.2 Å². The van der Waals surface area contributed by atoms with Gasteiger partial charge in [-0.3, -0.25) is 4.79 Å². The standard InChI is InChI=1S/C17H33N3O2/c1-4-10-18-13-15(19-17(22)20(5-2)6-3)11-14-8-7-9-16(21)12-14/h14-15,18H,4-13H2,1-3H3,(H,19,22)/t14-,15+/m1/s1. The molecule has 2 atom stereocenters. The van der Waals surface area contributed by atoms with E-state index in [1.165, 1.54) is 0 Å². The molecule has 0 aromatic rings. The molecule has 0 radical (unpaired) electrons. The molecule has 1 aliphatic rings. The molecule has 0 aliphatic heterocycles. The maximum absolute atomic E-state index is 12.3. The average Bonchev–Trinajstić information content (AvgIpc) is 2.48. The molecule has 1 rings (SSSR count). The highest BCUT2D eigenvalue weighted by Crippen LogP contribution is 2.25. The number of carbonyl (C=O) groups excluding carboxylic acids is 2. The molecule has 128 valence electrons. The van der Waals surface area contributed by atoms with Crippen LogP contribution >= 0.6 is 0 Å². The average molecular weight is 311 g/mol. The number of hydrogen-bond acceptors (Lipinski definition) is 3. The molecular weight excluding hydrogens is 278 g/mol. The van der Waals surface area contributed by atoms with Crippen molar-refractivity contribution >= 4 is 11.8 Å². The first-order valence-corrected chi connectivity index (χ1v) is 8.88. The van der Waals surface area contributed by atoms with Crippen LogP contribution in [-0.2, 0) is 4.79 Å². The van der Waals surface area contributed by atoms with Crippen LogP contribution in [0.2, 0.25) is 0 Å². The minimum atomic E-state index is 0.00966. The van der Waals surface area contributed by atoms with Crippen molar-refractivity contribution in [3.8, 4) is 0 Å². The first-order chi connectivity index (χ1) is 10.6. The Kier molecular flexibility index (Phi) is 9.13. The van der Waals surface area contributed by atoms with Crippen molar-refractivity contribution in [1.29, 1.82) is 0 Å². The summed E-state index contributed by atoms with van der Waals surface area (Å²) in [5, 5.41) is 6.55. The smallest absolute Gasteiger partial charge is 0.317 e. The van der Waals surface area contributed by atoms with Gasteiger partial charge in [0.2, 0.25) is 0 Å². The Morgan fingerprint density at radius 3 is 2.64 bits per heavy atom. The summed E-state index contributed by atoms with van der Waals surface area (Å²) in [4.78, 5) is 25.7. The van der Waals surface area contributed by atoms with Crippen molar-refractivity contribution in [2.45, 2.75) is 65.3 Å². The molecule has 1 saturated carbocycles. The Labute approximate surface area is 135 Å². The van der Waals surface area contributed by atoms with Crippen LogP contribution in [0, 0.1) is 5.92 Å². The zero-order valence-corrected chi connectivity index (χ0v) is 14.5. The van der Waals surface area contributed by atoms with Crippen LogP contribution in [0.4, 0.5) is 4.79 Å². The van der Waals surface area contributed by atoms with Gasteiger partial charge in [-0.2, -0.15) is 0 Å². The van der Waals surface area contributed by atoms with Gasteiger partial charge in [0.15, 0.2) is 0 Å². The van der Waals surface area contributed by atoms with Crippen molar-refractivity contribution in [2.24, 2.45) is 5.92 Å². The number of nitrogens with one attached hydrogen (secondary N) is 2. The lowest BCUT2D eigenvalue weighted by Crippen LogP contribution is -2.49. The second-order valence-electron chi connectivity index (χ2n) is 6.26. The van der Waals surface area contributed by atoms with Gasteiger partial charge < -0.3 is 15.5 Å². The molecule has 2 amide bonds. The van der Waals surface area contributed by atoms with Gasteiger partial charge in [0.1, 0.15) is 5.78 Å². The van der Waals surface area contributed by atoms with Crippen LogP contribution in [-0.4, -0.2) is 48.9 Å². The number of nitrogens with zero attached hydrogens (tertiary/aromatic N) is 1. The monoisotopic (exact) mass is 311 g/mol. The van der Waals surface area contributed by atoms with E-state index in [0.29, 0.717) is 18.1 Å². The first kappa shape index (κ1) is 18.9. The zero-order chi connectivity index (χ0) is 16.4. The molecule has 5 nitrogen and oxygen atoms in total. The van der Waals surface area contributed by atoms with Gasteiger partial charge in [-0.25, -0.2) is 4.79 Å². The van der Waals surface area contributed by atoms with Gasteiger partial charge in [0.25, 0.3) is 0 Å². The second-order valence-corrected chi connectivity index (χ2v) is 6.26. The van der Waals surface area contributed by atoms with Gasteiger partial charge in [-0.15, -0.1) is 0 Å². The SMILES string of the molecule is CCCNC[C@H](C[C@H]1CCCC(=O)C1)NC(=O)N(CC)CC. The minimum Gasteiger partial charge on any atom is -0.334 e. The highest BCUT2D eigenvalue weighted by molar-refractivity contribution is 5.79. The predicted molar refractivity (Wildman–Crippen MR) is 90.0 cm³/mol. The van der Waals surface area contributed by atoms with E-state index in [1.807, 2.05) is 13.8 Å². The van der Waals surface area contributed by atoms with E-state index in [-0.39, 0.29) is 12.1 Å². The van der Waals surface area contributed by atoms with E-state index in [2.05, 4.69) is 17.6 Å². The molecule has 0 saturated heterocycles. The zero-order valence-electron chi connectivity index (χ0n) is 14.5. The molecule has 0 unspecified atom stereocenters. The van der Waals surface area contributed by atoms with Gasteiger partial charge in [0.05, 0.1) is 0 Å². The van der Waals surface area contributed by atoms with Gasteiger partial charge in [0, 0.05) is 38.5 Å². The lowest BCUT2D eigenvalue weighted by Gasteiger charge is -2.29. The summed E-state index contributed by atoms with van der Waals surface area (Å²) in [6, 6.07) is 0.117. The van der Waals surface area contributed by atoms with Crippen LogP contribution in [0.25, 0.3) is 0 Å².